The molecule has 0 aliphatic rings. The van der Waals surface area contributed by atoms with Crippen LogP contribution in [0, 0.1) is 0 Å². The Morgan fingerprint density at radius 3 is 2.53 bits per heavy atom. The van der Waals surface area contributed by atoms with E-state index in [2.05, 4.69) is 36.8 Å². The number of hydrogen-bond donors (Lipinski definition) is 1. The number of thiazole rings is 1. The van der Waals surface area contributed by atoms with Crippen molar-refractivity contribution in [2.45, 2.75) is 6.42 Å². The SMILES string of the molecule is O=C(O)Cc1nc(-c2ccc(Br)cc2)sc1Br. The van der Waals surface area contributed by atoms with Crippen molar-refractivity contribution in [3.05, 3.63) is 38.2 Å². The average molecular weight is 377 g/mol. The van der Waals surface area contributed by atoms with Crippen LogP contribution in [-0.2, 0) is 11.2 Å². The van der Waals surface area contributed by atoms with E-state index in [0.29, 0.717) is 5.69 Å². The molecule has 3 nitrogen and oxygen atoms in total. The minimum Gasteiger partial charge on any atom is -0.481 e. The molecule has 6 heteroatoms. The van der Waals surface area contributed by atoms with Crippen molar-refractivity contribution in [2.24, 2.45) is 0 Å². The van der Waals surface area contributed by atoms with Gasteiger partial charge in [-0.2, -0.15) is 0 Å². The number of carboxylic acid groups (broad SMARTS) is 1. The Morgan fingerprint density at radius 1 is 1.29 bits per heavy atom. The van der Waals surface area contributed by atoms with Crippen LogP contribution in [0.2, 0.25) is 0 Å². The molecule has 88 valence electrons. The van der Waals surface area contributed by atoms with Crippen LogP contribution in [0.5, 0.6) is 0 Å². The van der Waals surface area contributed by atoms with E-state index in [1.807, 2.05) is 24.3 Å². The van der Waals surface area contributed by atoms with Crippen molar-refractivity contribution in [3.63, 3.8) is 0 Å². The molecule has 0 spiro atoms. The minimum absolute atomic E-state index is 0.0619. The third-order valence-electron chi connectivity index (χ3n) is 2.06. The summed E-state index contributed by atoms with van der Waals surface area (Å²) in [5.74, 6) is -0.877. The molecule has 2 rings (SSSR count). The maximum Gasteiger partial charge on any atom is 0.309 e. The van der Waals surface area contributed by atoms with E-state index in [1.54, 1.807) is 0 Å². The molecular formula is C11H7Br2NO2S. The van der Waals surface area contributed by atoms with Gasteiger partial charge in [0.1, 0.15) is 5.01 Å². The Kier molecular flexibility index (Phi) is 3.96. The van der Waals surface area contributed by atoms with Crippen molar-refractivity contribution in [1.82, 2.24) is 4.98 Å². The van der Waals surface area contributed by atoms with Crippen molar-refractivity contribution in [1.29, 1.82) is 0 Å². The first kappa shape index (κ1) is 12.7. The van der Waals surface area contributed by atoms with Gasteiger partial charge >= 0.3 is 5.97 Å². The number of halogens is 2. The summed E-state index contributed by atoms with van der Waals surface area (Å²) in [4.78, 5) is 15.0. The van der Waals surface area contributed by atoms with Crippen LogP contribution in [0.4, 0.5) is 0 Å². The first-order valence-electron chi connectivity index (χ1n) is 4.69. The monoisotopic (exact) mass is 375 g/mol. The van der Waals surface area contributed by atoms with Crippen LogP contribution in [0.1, 0.15) is 5.69 Å². The molecule has 1 aromatic carbocycles. The summed E-state index contributed by atoms with van der Waals surface area (Å²) >= 11 is 8.15. The number of hydrogen-bond acceptors (Lipinski definition) is 3. The standard InChI is InChI=1S/C11H7Br2NO2S/c12-7-3-1-6(2-4-7)11-14-8(5-9(15)16)10(13)17-11/h1-4H,5H2,(H,15,16). The van der Waals surface area contributed by atoms with E-state index >= 15 is 0 Å². The first-order chi connectivity index (χ1) is 8.06. The second-order valence-electron chi connectivity index (χ2n) is 3.32. The van der Waals surface area contributed by atoms with E-state index in [0.717, 1.165) is 18.8 Å². The number of benzene rings is 1. The van der Waals surface area contributed by atoms with Gasteiger partial charge in [-0.05, 0) is 28.1 Å². The lowest BCUT2D eigenvalue weighted by atomic mass is 10.2. The van der Waals surface area contributed by atoms with Gasteiger partial charge in [0.25, 0.3) is 0 Å². The van der Waals surface area contributed by atoms with Gasteiger partial charge in [0.15, 0.2) is 0 Å². The molecule has 0 saturated carbocycles. The molecule has 0 unspecified atom stereocenters. The van der Waals surface area contributed by atoms with Crippen LogP contribution in [0.15, 0.2) is 32.5 Å². The normalized spacial score (nSPS) is 10.5. The highest BCUT2D eigenvalue weighted by atomic mass is 79.9. The second kappa shape index (κ2) is 5.29. The number of rotatable bonds is 3. The molecule has 0 atom stereocenters. The summed E-state index contributed by atoms with van der Waals surface area (Å²) in [5, 5.41) is 9.57. The van der Waals surface area contributed by atoms with E-state index in [4.69, 9.17) is 5.11 Å². The van der Waals surface area contributed by atoms with Gasteiger partial charge < -0.3 is 5.11 Å². The molecule has 0 aliphatic carbocycles. The number of carboxylic acids is 1. The largest absolute Gasteiger partial charge is 0.481 e. The molecule has 1 aromatic heterocycles. The molecule has 1 N–H and O–H groups in total. The van der Waals surface area contributed by atoms with Crippen LogP contribution in [-0.4, -0.2) is 16.1 Å². The maximum atomic E-state index is 10.6. The second-order valence-corrected chi connectivity index (χ2v) is 6.55. The highest BCUT2D eigenvalue weighted by molar-refractivity contribution is 9.11. The van der Waals surface area contributed by atoms with E-state index in [9.17, 15) is 4.79 Å². The fraction of sp³-hybridized carbons (Fsp3) is 0.0909. The summed E-state index contributed by atoms with van der Waals surface area (Å²) in [5.41, 5.74) is 1.55. The summed E-state index contributed by atoms with van der Waals surface area (Å²) in [6, 6.07) is 7.75. The molecule has 0 fully saturated rings. The Bertz CT molecular complexity index is 551. The lowest BCUT2D eigenvalue weighted by molar-refractivity contribution is -0.136. The van der Waals surface area contributed by atoms with Gasteiger partial charge in [0.05, 0.1) is 15.9 Å². The lowest BCUT2D eigenvalue weighted by Gasteiger charge is -1.95. The molecule has 0 saturated heterocycles. The van der Waals surface area contributed by atoms with E-state index in [-0.39, 0.29) is 6.42 Å². The summed E-state index contributed by atoms with van der Waals surface area (Å²) < 4.78 is 1.78. The Hall–Kier alpha value is -0.720. The van der Waals surface area contributed by atoms with Crippen LogP contribution >= 0.6 is 43.2 Å². The molecule has 0 amide bonds. The van der Waals surface area contributed by atoms with Crippen molar-refractivity contribution in [3.8, 4) is 10.6 Å². The van der Waals surface area contributed by atoms with Gasteiger partial charge in [-0.25, -0.2) is 4.98 Å². The van der Waals surface area contributed by atoms with Crippen LogP contribution in [0.25, 0.3) is 10.6 Å². The number of carbonyl (C=O) groups is 1. The van der Waals surface area contributed by atoms with E-state index in [1.165, 1.54) is 11.3 Å². The highest BCUT2D eigenvalue weighted by Gasteiger charge is 2.13. The fourth-order valence-electron chi connectivity index (χ4n) is 1.30. The third-order valence-corrected chi connectivity index (χ3v) is 4.47. The number of aliphatic carboxylic acids is 1. The predicted molar refractivity (Wildman–Crippen MR) is 74.3 cm³/mol. The Morgan fingerprint density at radius 2 is 1.94 bits per heavy atom. The van der Waals surface area contributed by atoms with Crippen molar-refractivity contribution < 1.29 is 9.90 Å². The Labute approximate surface area is 119 Å². The van der Waals surface area contributed by atoms with Crippen LogP contribution in [0.3, 0.4) is 0 Å². The topological polar surface area (TPSA) is 50.2 Å². The molecule has 17 heavy (non-hydrogen) atoms. The van der Waals surface area contributed by atoms with Gasteiger partial charge in [-0.15, -0.1) is 11.3 Å². The van der Waals surface area contributed by atoms with Gasteiger partial charge in [0, 0.05) is 10.0 Å². The molecule has 2 aromatic rings. The summed E-state index contributed by atoms with van der Waals surface area (Å²) in [7, 11) is 0. The lowest BCUT2D eigenvalue weighted by Crippen LogP contribution is -2.00. The van der Waals surface area contributed by atoms with Gasteiger partial charge in [-0.3, -0.25) is 4.79 Å². The van der Waals surface area contributed by atoms with Gasteiger partial charge in [0.2, 0.25) is 0 Å². The zero-order valence-corrected chi connectivity index (χ0v) is 12.5. The minimum atomic E-state index is -0.877. The summed E-state index contributed by atoms with van der Waals surface area (Å²) in [6.07, 6.45) is -0.0619. The van der Waals surface area contributed by atoms with Crippen LogP contribution < -0.4 is 0 Å². The third kappa shape index (κ3) is 3.14. The molecular weight excluding hydrogens is 370 g/mol. The maximum absolute atomic E-state index is 10.6. The highest BCUT2D eigenvalue weighted by Crippen LogP contribution is 2.32. The average Bonchev–Trinajstić information content (AvgIpc) is 2.60. The van der Waals surface area contributed by atoms with Crippen molar-refractivity contribution >= 4 is 49.2 Å². The number of aromatic nitrogens is 1. The quantitative estimate of drug-likeness (QED) is 0.881. The molecule has 0 aliphatic heterocycles. The fourth-order valence-corrected chi connectivity index (χ4v) is 3.07. The predicted octanol–water partition coefficient (Wildman–Crippen LogP) is 3.96. The summed E-state index contributed by atoms with van der Waals surface area (Å²) in [6.45, 7) is 0. The molecule has 1 heterocycles. The Balaban J connectivity index is 2.34. The zero-order valence-electron chi connectivity index (χ0n) is 8.48. The van der Waals surface area contributed by atoms with E-state index < -0.39 is 5.97 Å². The number of nitrogens with zero attached hydrogens (tertiary/aromatic N) is 1. The zero-order chi connectivity index (χ0) is 12.4. The first-order valence-corrected chi connectivity index (χ1v) is 7.09. The molecule has 0 bridgehead atoms. The van der Waals surface area contributed by atoms with Crippen molar-refractivity contribution in [2.75, 3.05) is 0 Å². The van der Waals surface area contributed by atoms with Gasteiger partial charge in [-0.1, -0.05) is 28.1 Å². The smallest absolute Gasteiger partial charge is 0.309 e. The molecule has 0 radical (unpaired) electrons.